The second kappa shape index (κ2) is 6.36. The minimum absolute atomic E-state index is 0.0171. The van der Waals surface area contributed by atoms with Crippen LogP contribution in [-0.4, -0.2) is 34.4 Å². The fraction of sp³-hybridized carbons (Fsp3) is 0.357. The molecule has 7 nitrogen and oxygen atoms in total. The van der Waals surface area contributed by atoms with E-state index in [4.69, 9.17) is 5.73 Å². The normalized spacial score (nSPS) is 12.4. The molecule has 1 aromatic heterocycles. The van der Waals surface area contributed by atoms with E-state index in [2.05, 4.69) is 20.6 Å². The number of carbonyl (C=O) groups excluding carboxylic acids is 2. The summed E-state index contributed by atoms with van der Waals surface area (Å²) in [4.78, 5) is 30.6. The molecule has 0 aliphatic rings. The summed E-state index contributed by atoms with van der Waals surface area (Å²) in [5.74, 6) is -0.338. The van der Waals surface area contributed by atoms with Crippen LogP contribution in [0.1, 0.15) is 13.8 Å². The number of imidazole rings is 1. The van der Waals surface area contributed by atoms with Gasteiger partial charge in [-0.1, -0.05) is 26.0 Å². The van der Waals surface area contributed by atoms with Crippen molar-refractivity contribution in [1.29, 1.82) is 0 Å². The topological polar surface area (TPSA) is 113 Å². The summed E-state index contributed by atoms with van der Waals surface area (Å²) >= 11 is 0. The van der Waals surface area contributed by atoms with Crippen molar-refractivity contribution in [3.8, 4) is 0 Å². The lowest BCUT2D eigenvalue weighted by Crippen LogP contribution is -2.46. The molecule has 0 spiro atoms. The molecular formula is C14H19N5O2. The Morgan fingerprint density at radius 2 is 2.05 bits per heavy atom. The maximum Gasteiger partial charge on any atom is 0.246 e. The van der Waals surface area contributed by atoms with E-state index < -0.39 is 6.04 Å². The zero-order valence-electron chi connectivity index (χ0n) is 12.0. The van der Waals surface area contributed by atoms with Gasteiger partial charge in [-0.05, 0) is 18.1 Å². The van der Waals surface area contributed by atoms with Crippen LogP contribution in [0.5, 0.6) is 0 Å². The van der Waals surface area contributed by atoms with Crippen molar-refractivity contribution in [2.24, 2.45) is 11.7 Å². The molecule has 1 atom stereocenters. The van der Waals surface area contributed by atoms with Gasteiger partial charge < -0.3 is 16.0 Å². The number of aromatic amines is 1. The zero-order chi connectivity index (χ0) is 15.4. The number of hydrogen-bond donors (Lipinski definition) is 4. The molecule has 2 aromatic rings. The van der Waals surface area contributed by atoms with Crippen molar-refractivity contribution in [3.63, 3.8) is 0 Å². The maximum atomic E-state index is 11.8. The first kappa shape index (κ1) is 15.0. The van der Waals surface area contributed by atoms with E-state index in [0.29, 0.717) is 5.95 Å². The molecular weight excluding hydrogens is 270 g/mol. The molecule has 0 saturated heterocycles. The van der Waals surface area contributed by atoms with Crippen molar-refractivity contribution < 1.29 is 9.59 Å². The van der Waals surface area contributed by atoms with E-state index >= 15 is 0 Å². The van der Waals surface area contributed by atoms with Crippen LogP contribution < -0.4 is 16.4 Å². The van der Waals surface area contributed by atoms with Gasteiger partial charge in [-0.3, -0.25) is 14.9 Å². The second-order valence-electron chi connectivity index (χ2n) is 5.14. The Bertz CT molecular complexity index is 617. The summed E-state index contributed by atoms with van der Waals surface area (Å²) in [6, 6.07) is 6.82. The van der Waals surface area contributed by atoms with Crippen molar-refractivity contribution in [2.75, 3.05) is 11.9 Å². The molecule has 0 fully saturated rings. The number of nitrogens with two attached hydrogens (primary N) is 1. The lowest BCUT2D eigenvalue weighted by molar-refractivity contribution is -0.125. The number of para-hydroxylation sites is 2. The monoisotopic (exact) mass is 289 g/mol. The first-order valence-electron chi connectivity index (χ1n) is 6.75. The highest BCUT2D eigenvalue weighted by molar-refractivity contribution is 5.95. The van der Waals surface area contributed by atoms with E-state index in [9.17, 15) is 9.59 Å². The van der Waals surface area contributed by atoms with Gasteiger partial charge in [-0.15, -0.1) is 0 Å². The van der Waals surface area contributed by atoms with Crippen LogP contribution in [-0.2, 0) is 9.59 Å². The molecule has 0 unspecified atom stereocenters. The molecule has 2 amide bonds. The predicted octanol–water partition coefficient (Wildman–Crippen LogP) is 0.601. The van der Waals surface area contributed by atoms with Crippen molar-refractivity contribution in [3.05, 3.63) is 24.3 Å². The first-order valence-corrected chi connectivity index (χ1v) is 6.75. The van der Waals surface area contributed by atoms with Crippen LogP contribution in [0.3, 0.4) is 0 Å². The molecule has 5 N–H and O–H groups in total. The van der Waals surface area contributed by atoms with Gasteiger partial charge in [0.25, 0.3) is 0 Å². The Kier molecular flexibility index (Phi) is 4.54. The van der Waals surface area contributed by atoms with E-state index in [1.807, 2.05) is 38.1 Å². The molecule has 112 valence electrons. The van der Waals surface area contributed by atoms with Crippen LogP contribution >= 0.6 is 0 Å². The third-order valence-electron chi connectivity index (χ3n) is 3.09. The maximum absolute atomic E-state index is 11.8. The number of amides is 2. The quantitative estimate of drug-likeness (QED) is 0.645. The Hall–Kier alpha value is -2.41. The zero-order valence-corrected chi connectivity index (χ0v) is 12.0. The van der Waals surface area contributed by atoms with Crippen molar-refractivity contribution in [1.82, 2.24) is 15.3 Å². The number of fused-ring (bicyclic) bond motifs is 1. The largest absolute Gasteiger partial charge is 0.346 e. The highest BCUT2D eigenvalue weighted by Crippen LogP contribution is 2.12. The van der Waals surface area contributed by atoms with Gasteiger partial charge in [0.15, 0.2) is 0 Å². The summed E-state index contributed by atoms with van der Waals surface area (Å²) < 4.78 is 0. The SMILES string of the molecule is CC(C)[C@H](N)C(=O)NCC(=O)Nc1nc2ccccc2[nH]1. The minimum Gasteiger partial charge on any atom is -0.346 e. The first-order chi connectivity index (χ1) is 9.97. The van der Waals surface area contributed by atoms with Crippen LogP contribution in [0.15, 0.2) is 24.3 Å². The summed E-state index contributed by atoms with van der Waals surface area (Å²) in [5.41, 5.74) is 7.28. The summed E-state index contributed by atoms with van der Waals surface area (Å²) in [6.45, 7) is 3.55. The lowest BCUT2D eigenvalue weighted by atomic mass is 10.1. The van der Waals surface area contributed by atoms with Gasteiger partial charge in [0.05, 0.1) is 23.6 Å². The van der Waals surface area contributed by atoms with E-state index in [0.717, 1.165) is 11.0 Å². The van der Waals surface area contributed by atoms with Crippen LogP contribution in [0.25, 0.3) is 11.0 Å². The second-order valence-corrected chi connectivity index (χ2v) is 5.14. The van der Waals surface area contributed by atoms with Gasteiger partial charge in [0.2, 0.25) is 17.8 Å². The van der Waals surface area contributed by atoms with Gasteiger partial charge in [0, 0.05) is 0 Å². The molecule has 1 heterocycles. The average molecular weight is 289 g/mol. The van der Waals surface area contributed by atoms with Gasteiger partial charge in [0.1, 0.15) is 0 Å². The van der Waals surface area contributed by atoms with Crippen LogP contribution in [0, 0.1) is 5.92 Å². The predicted molar refractivity (Wildman–Crippen MR) is 80.5 cm³/mol. The van der Waals surface area contributed by atoms with E-state index in [1.54, 1.807) is 0 Å². The summed E-state index contributed by atoms with van der Waals surface area (Å²) in [5, 5.41) is 5.09. The third-order valence-corrected chi connectivity index (χ3v) is 3.09. The molecule has 1 aromatic carbocycles. The lowest BCUT2D eigenvalue weighted by Gasteiger charge is -2.14. The fourth-order valence-corrected chi connectivity index (χ4v) is 1.78. The minimum atomic E-state index is -0.621. The Morgan fingerprint density at radius 1 is 1.33 bits per heavy atom. The number of rotatable bonds is 5. The van der Waals surface area contributed by atoms with Crippen molar-refractivity contribution in [2.45, 2.75) is 19.9 Å². The van der Waals surface area contributed by atoms with Gasteiger partial charge in [-0.2, -0.15) is 0 Å². The number of nitrogens with zero attached hydrogens (tertiary/aromatic N) is 1. The van der Waals surface area contributed by atoms with Gasteiger partial charge in [-0.25, -0.2) is 4.98 Å². The Balaban J connectivity index is 1.88. The van der Waals surface area contributed by atoms with Crippen molar-refractivity contribution >= 4 is 28.8 Å². The fourth-order valence-electron chi connectivity index (χ4n) is 1.78. The van der Waals surface area contributed by atoms with Crippen LogP contribution in [0.2, 0.25) is 0 Å². The van der Waals surface area contributed by atoms with E-state index in [-0.39, 0.29) is 24.3 Å². The smallest absolute Gasteiger partial charge is 0.246 e. The Morgan fingerprint density at radius 3 is 2.71 bits per heavy atom. The highest BCUT2D eigenvalue weighted by Gasteiger charge is 2.17. The molecule has 21 heavy (non-hydrogen) atoms. The number of anilines is 1. The molecule has 0 aliphatic heterocycles. The molecule has 7 heteroatoms. The number of carbonyl (C=O) groups is 2. The van der Waals surface area contributed by atoms with E-state index in [1.165, 1.54) is 0 Å². The molecule has 0 radical (unpaired) electrons. The number of benzene rings is 1. The molecule has 0 saturated carbocycles. The van der Waals surface area contributed by atoms with Crippen LogP contribution in [0.4, 0.5) is 5.95 Å². The molecule has 0 bridgehead atoms. The molecule has 0 aliphatic carbocycles. The Labute approximate surface area is 122 Å². The number of nitrogens with one attached hydrogen (secondary N) is 3. The summed E-state index contributed by atoms with van der Waals surface area (Å²) in [7, 11) is 0. The number of H-pyrrole nitrogens is 1. The highest BCUT2D eigenvalue weighted by atomic mass is 16.2. The number of aromatic nitrogens is 2. The number of hydrogen-bond acceptors (Lipinski definition) is 4. The molecule has 2 rings (SSSR count). The summed E-state index contributed by atoms with van der Waals surface area (Å²) in [6.07, 6.45) is 0. The standard InChI is InChI=1S/C14H19N5O2/c1-8(2)12(15)13(21)16-7-11(20)19-14-17-9-5-3-4-6-10(9)18-14/h3-6,8,12H,7,15H2,1-2H3,(H,16,21)(H2,17,18,19,20)/t12-/m0/s1. The van der Waals surface area contributed by atoms with Gasteiger partial charge >= 0.3 is 0 Å². The third kappa shape index (κ3) is 3.79. The average Bonchev–Trinajstić information content (AvgIpc) is 2.85.